The molecule has 0 aliphatic rings. The van der Waals surface area contributed by atoms with Gasteiger partial charge in [0.1, 0.15) is 5.82 Å². The minimum absolute atomic E-state index is 0.00781. The summed E-state index contributed by atoms with van der Waals surface area (Å²) >= 11 is 5.72. The standard InChI is InChI=1S/C14H17ClFN3O/c1-3-7-17-12(4-2)14-19-18-13(20-14)10-6-5-9(15)8-11(10)16/h5-6,8,12,17H,3-4,7H2,1-2H3. The van der Waals surface area contributed by atoms with Gasteiger partial charge in [-0.05, 0) is 37.6 Å². The fraction of sp³-hybridized carbons (Fsp3) is 0.429. The van der Waals surface area contributed by atoms with E-state index in [1.807, 2.05) is 6.92 Å². The number of rotatable bonds is 6. The lowest BCUT2D eigenvalue weighted by molar-refractivity contribution is 0.395. The Morgan fingerprint density at radius 2 is 2.15 bits per heavy atom. The fourth-order valence-corrected chi connectivity index (χ4v) is 2.03. The zero-order chi connectivity index (χ0) is 14.5. The van der Waals surface area contributed by atoms with Crippen LogP contribution in [0.15, 0.2) is 22.6 Å². The molecule has 1 aromatic carbocycles. The van der Waals surface area contributed by atoms with Gasteiger partial charge in [-0.25, -0.2) is 4.39 Å². The Balaban J connectivity index is 2.23. The first-order chi connectivity index (χ1) is 9.65. The summed E-state index contributed by atoms with van der Waals surface area (Å²) in [5.74, 6) is 0.179. The average Bonchev–Trinajstić information content (AvgIpc) is 2.89. The molecule has 1 atom stereocenters. The van der Waals surface area contributed by atoms with Crippen LogP contribution in [-0.4, -0.2) is 16.7 Å². The minimum atomic E-state index is -0.470. The van der Waals surface area contributed by atoms with Crippen molar-refractivity contribution in [1.29, 1.82) is 0 Å². The Kier molecular flexibility index (Phi) is 5.09. The maximum absolute atomic E-state index is 13.8. The molecule has 1 unspecified atom stereocenters. The van der Waals surface area contributed by atoms with E-state index >= 15 is 0 Å². The summed E-state index contributed by atoms with van der Waals surface area (Å²) in [6.07, 6.45) is 1.84. The summed E-state index contributed by atoms with van der Waals surface area (Å²) in [4.78, 5) is 0. The van der Waals surface area contributed by atoms with Crippen molar-refractivity contribution < 1.29 is 8.81 Å². The van der Waals surface area contributed by atoms with Crippen LogP contribution in [0.25, 0.3) is 11.5 Å². The summed E-state index contributed by atoms with van der Waals surface area (Å²) in [6, 6.07) is 4.35. The van der Waals surface area contributed by atoms with Crippen molar-refractivity contribution in [2.24, 2.45) is 0 Å². The van der Waals surface area contributed by atoms with Gasteiger partial charge in [0.25, 0.3) is 5.89 Å². The van der Waals surface area contributed by atoms with Crippen LogP contribution >= 0.6 is 11.6 Å². The van der Waals surface area contributed by atoms with Crippen LogP contribution in [0, 0.1) is 5.82 Å². The SMILES string of the molecule is CCCNC(CC)c1nnc(-c2ccc(Cl)cc2F)o1. The van der Waals surface area contributed by atoms with Crippen LogP contribution in [0.5, 0.6) is 0 Å². The highest BCUT2D eigenvalue weighted by Crippen LogP contribution is 2.26. The van der Waals surface area contributed by atoms with Crippen molar-refractivity contribution in [3.8, 4) is 11.5 Å². The first-order valence-corrected chi connectivity index (χ1v) is 7.05. The predicted molar refractivity (Wildman–Crippen MR) is 76.0 cm³/mol. The molecule has 0 fully saturated rings. The summed E-state index contributed by atoms with van der Waals surface area (Å²) in [7, 11) is 0. The monoisotopic (exact) mass is 297 g/mol. The van der Waals surface area contributed by atoms with Gasteiger partial charge >= 0.3 is 0 Å². The highest BCUT2D eigenvalue weighted by Gasteiger charge is 2.18. The molecule has 2 rings (SSSR count). The molecule has 0 spiro atoms. The molecule has 0 saturated carbocycles. The van der Waals surface area contributed by atoms with Crippen LogP contribution < -0.4 is 5.32 Å². The van der Waals surface area contributed by atoms with Gasteiger partial charge < -0.3 is 9.73 Å². The molecule has 108 valence electrons. The fourth-order valence-electron chi connectivity index (χ4n) is 1.87. The molecular formula is C14H17ClFN3O. The van der Waals surface area contributed by atoms with E-state index in [4.69, 9.17) is 16.0 Å². The smallest absolute Gasteiger partial charge is 0.250 e. The molecule has 0 saturated heterocycles. The molecule has 20 heavy (non-hydrogen) atoms. The van der Waals surface area contributed by atoms with Crippen molar-refractivity contribution >= 4 is 11.6 Å². The maximum atomic E-state index is 13.8. The first-order valence-electron chi connectivity index (χ1n) is 6.67. The minimum Gasteiger partial charge on any atom is -0.419 e. The molecule has 4 nitrogen and oxygen atoms in total. The number of hydrogen-bond donors (Lipinski definition) is 1. The molecule has 1 N–H and O–H groups in total. The van der Waals surface area contributed by atoms with E-state index in [-0.39, 0.29) is 17.5 Å². The van der Waals surface area contributed by atoms with Gasteiger partial charge in [0.05, 0.1) is 11.6 Å². The van der Waals surface area contributed by atoms with Gasteiger partial charge in [0.2, 0.25) is 5.89 Å². The van der Waals surface area contributed by atoms with Gasteiger partial charge in [0.15, 0.2) is 0 Å². The molecule has 0 radical (unpaired) electrons. The number of aromatic nitrogens is 2. The van der Waals surface area contributed by atoms with Crippen molar-refractivity contribution in [1.82, 2.24) is 15.5 Å². The summed E-state index contributed by atoms with van der Waals surface area (Å²) in [5, 5.41) is 11.6. The number of nitrogens with one attached hydrogen (secondary N) is 1. The Hall–Kier alpha value is -1.46. The van der Waals surface area contributed by atoms with Gasteiger partial charge in [-0.3, -0.25) is 0 Å². The van der Waals surface area contributed by atoms with E-state index in [9.17, 15) is 4.39 Å². The zero-order valence-electron chi connectivity index (χ0n) is 11.5. The third kappa shape index (κ3) is 3.35. The first kappa shape index (κ1) is 14.9. The lowest BCUT2D eigenvalue weighted by atomic mass is 10.2. The van der Waals surface area contributed by atoms with Crippen LogP contribution in [0.3, 0.4) is 0 Å². The average molecular weight is 298 g/mol. The highest BCUT2D eigenvalue weighted by molar-refractivity contribution is 6.30. The second-order valence-corrected chi connectivity index (χ2v) is 4.92. The number of halogens is 2. The van der Waals surface area contributed by atoms with Gasteiger partial charge in [-0.15, -0.1) is 10.2 Å². The molecule has 1 heterocycles. The lowest BCUT2D eigenvalue weighted by Crippen LogP contribution is -2.21. The number of hydrogen-bond acceptors (Lipinski definition) is 4. The van der Waals surface area contributed by atoms with Crippen molar-refractivity contribution in [3.63, 3.8) is 0 Å². The van der Waals surface area contributed by atoms with E-state index in [1.54, 1.807) is 6.07 Å². The molecular weight excluding hydrogens is 281 g/mol. The predicted octanol–water partition coefficient (Wildman–Crippen LogP) is 3.98. The normalized spacial score (nSPS) is 12.6. The quantitative estimate of drug-likeness (QED) is 0.876. The van der Waals surface area contributed by atoms with E-state index in [0.717, 1.165) is 19.4 Å². The largest absolute Gasteiger partial charge is 0.419 e. The molecule has 0 aliphatic heterocycles. The molecule has 1 aromatic heterocycles. The topological polar surface area (TPSA) is 51.0 Å². The number of benzene rings is 1. The summed E-state index contributed by atoms with van der Waals surface area (Å²) in [6.45, 7) is 4.98. The van der Waals surface area contributed by atoms with Crippen molar-refractivity contribution in [2.75, 3.05) is 6.54 Å². The van der Waals surface area contributed by atoms with Crippen molar-refractivity contribution in [2.45, 2.75) is 32.7 Å². The van der Waals surface area contributed by atoms with E-state index < -0.39 is 5.82 Å². The Morgan fingerprint density at radius 1 is 1.35 bits per heavy atom. The zero-order valence-corrected chi connectivity index (χ0v) is 12.2. The molecule has 0 aliphatic carbocycles. The number of nitrogens with zero attached hydrogens (tertiary/aromatic N) is 2. The second-order valence-electron chi connectivity index (χ2n) is 4.48. The van der Waals surface area contributed by atoms with Gasteiger partial charge in [0, 0.05) is 5.02 Å². The van der Waals surface area contributed by atoms with E-state index in [2.05, 4.69) is 22.4 Å². The summed E-state index contributed by atoms with van der Waals surface area (Å²) < 4.78 is 19.4. The maximum Gasteiger partial charge on any atom is 0.250 e. The van der Waals surface area contributed by atoms with Crippen LogP contribution in [0.2, 0.25) is 5.02 Å². The van der Waals surface area contributed by atoms with Gasteiger partial charge in [-0.1, -0.05) is 25.4 Å². The summed E-state index contributed by atoms with van der Waals surface area (Å²) in [5.41, 5.74) is 0.262. The molecule has 0 amide bonds. The Morgan fingerprint density at radius 3 is 2.80 bits per heavy atom. The Bertz CT molecular complexity index is 573. The third-order valence-electron chi connectivity index (χ3n) is 2.95. The molecule has 0 bridgehead atoms. The lowest BCUT2D eigenvalue weighted by Gasteiger charge is -2.11. The Labute approximate surface area is 122 Å². The third-order valence-corrected chi connectivity index (χ3v) is 3.18. The van der Waals surface area contributed by atoms with Crippen LogP contribution in [0.4, 0.5) is 4.39 Å². The van der Waals surface area contributed by atoms with E-state index in [0.29, 0.717) is 10.9 Å². The van der Waals surface area contributed by atoms with Gasteiger partial charge in [-0.2, -0.15) is 0 Å². The van der Waals surface area contributed by atoms with Crippen LogP contribution in [-0.2, 0) is 0 Å². The molecule has 2 aromatic rings. The van der Waals surface area contributed by atoms with E-state index in [1.165, 1.54) is 12.1 Å². The van der Waals surface area contributed by atoms with Crippen LogP contribution in [0.1, 0.15) is 38.6 Å². The van der Waals surface area contributed by atoms with Crippen molar-refractivity contribution in [3.05, 3.63) is 34.9 Å². The molecule has 6 heteroatoms. The second kappa shape index (κ2) is 6.81. The highest BCUT2D eigenvalue weighted by atomic mass is 35.5.